The zero-order valence-corrected chi connectivity index (χ0v) is 42.2. The van der Waals surface area contributed by atoms with Crippen molar-refractivity contribution in [2.45, 2.75) is 106 Å². The third kappa shape index (κ3) is 6.87. The number of pyridine rings is 1. The van der Waals surface area contributed by atoms with Crippen molar-refractivity contribution in [2.24, 2.45) is 5.41 Å². The summed E-state index contributed by atoms with van der Waals surface area (Å²) in [5.74, 6) is 2.79. The van der Waals surface area contributed by atoms with Crippen LogP contribution >= 0.6 is 0 Å². The number of quaternary nitrogens is 2. The molecule has 6 heteroatoms. The van der Waals surface area contributed by atoms with Crippen LogP contribution in [0.1, 0.15) is 117 Å². The van der Waals surface area contributed by atoms with E-state index in [0.717, 1.165) is 38.9 Å². The Morgan fingerprint density at radius 1 is 0.615 bits per heavy atom. The molecule has 0 N–H and O–H groups in total. The largest absolute Gasteiger partial charge is 0.509 e. The van der Waals surface area contributed by atoms with E-state index in [1.807, 2.05) is 6.20 Å². The monoisotopic (exact) mass is 1040 g/mol. The third-order valence-electron chi connectivity index (χ3n) is 14.7. The van der Waals surface area contributed by atoms with Crippen molar-refractivity contribution in [1.82, 2.24) is 18.7 Å². The van der Waals surface area contributed by atoms with E-state index in [1.54, 1.807) is 0 Å². The van der Waals surface area contributed by atoms with E-state index in [0.29, 0.717) is 32.5 Å². The van der Waals surface area contributed by atoms with Crippen molar-refractivity contribution in [1.29, 1.82) is 0 Å². The Bertz CT molecular complexity index is 3120. The van der Waals surface area contributed by atoms with Gasteiger partial charge in [0, 0.05) is 68.5 Å². The summed E-state index contributed by atoms with van der Waals surface area (Å²) in [4.78, 5) is 4.93. The van der Waals surface area contributed by atoms with Crippen molar-refractivity contribution in [3.63, 3.8) is 0 Å². The molecule has 6 aromatic carbocycles. The number of benzene rings is 6. The summed E-state index contributed by atoms with van der Waals surface area (Å²) in [6, 6.07) is 54.3. The molecule has 0 radical (unpaired) electrons. The van der Waals surface area contributed by atoms with Gasteiger partial charge in [0.2, 0.25) is 11.4 Å². The number of rotatable bonds is 9. The molecule has 10 rings (SSSR count). The summed E-state index contributed by atoms with van der Waals surface area (Å²) >= 11 is 0. The number of aromatic nitrogens is 2. The maximum Gasteiger partial charge on any atom is 0.225 e. The molecule has 0 bridgehead atoms. The fourth-order valence-electron chi connectivity index (χ4n) is 10.1. The Morgan fingerprint density at radius 3 is 1.95 bits per heavy atom. The normalized spacial score (nSPS) is 18.1. The van der Waals surface area contributed by atoms with Gasteiger partial charge >= 0.3 is 0 Å². The maximum absolute atomic E-state index is 7.09. The minimum atomic E-state index is -0.0486. The molecular formula is C59H61N4OPt-. The van der Waals surface area contributed by atoms with Crippen LogP contribution in [0, 0.1) is 24.2 Å². The van der Waals surface area contributed by atoms with Crippen LogP contribution in [0.3, 0.4) is 0 Å². The van der Waals surface area contributed by atoms with Crippen LogP contribution in [0.5, 0.6) is 11.5 Å². The minimum Gasteiger partial charge on any atom is -0.509 e. The van der Waals surface area contributed by atoms with Crippen LogP contribution in [0.4, 0.5) is 22.7 Å². The smallest absolute Gasteiger partial charge is 0.225 e. The van der Waals surface area contributed by atoms with Gasteiger partial charge in [-0.05, 0) is 79.5 Å². The first-order valence-corrected chi connectivity index (χ1v) is 23.0. The molecule has 2 aliphatic heterocycles. The molecular weight excluding hydrogens is 976 g/mol. The van der Waals surface area contributed by atoms with E-state index in [1.165, 1.54) is 44.9 Å². The van der Waals surface area contributed by atoms with E-state index in [9.17, 15) is 0 Å². The molecule has 1 unspecified atom stereocenters. The summed E-state index contributed by atoms with van der Waals surface area (Å²) in [6.45, 7) is 30.1. The van der Waals surface area contributed by atoms with E-state index in [2.05, 4.69) is 234 Å². The van der Waals surface area contributed by atoms with Gasteiger partial charge in [0.25, 0.3) is 0 Å². The van der Waals surface area contributed by atoms with Gasteiger partial charge in [0.1, 0.15) is 5.82 Å². The summed E-state index contributed by atoms with van der Waals surface area (Å²) in [7, 11) is 0. The number of para-hydroxylation sites is 3. The van der Waals surface area contributed by atoms with Crippen molar-refractivity contribution >= 4 is 44.6 Å². The van der Waals surface area contributed by atoms with Gasteiger partial charge in [0.05, 0.1) is 5.69 Å². The van der Waals surface area contributed by atoms with Crippen molar-refractivity contribution in [3.05, 3.63) is 175 Å². The second kappa shape index (κ2) is 15.7. The fraction of sp³-hybridized carbons (Fsp3) is 0.288. The molecule has 8 aromatic rings. The first-order valence-electron chi connectivity index (χ1n) is 23.0. The molecule has 0 aliphatic carbocycles. The summed E-state index contributed by atoms with van der Waals surface area (Å²) < 4.78 is 10.4. The van der Waals surface area contributed by atoms with Gasteiger partial charge in [-0.25, -0.2) is 9.58 Å². The average molecular weight is 1040 g/mol. The van der Waals surface area contributed by atoms with Crippen LogP contribution in [0.25, 0.3) is 38.8 Å². The van der Waals surface area contributed by atoms with E-state index < -0.39 is 0 Å². The molecule has 2 aliphatic rings. The molecule has 65 heavy (non-hydrogen) atoms. The molecule has 334 valence electrons. The van der Waals surface area contributed by atoms with Gasteiger partial charge in [-0.2, -0.15) is 10.7 Å². The van der Waals surface area contributed by atoms with Crippen molar-refractivity contribution < 1.29 is 25.8 Å². The van der Waals surface area contributed by atoms with E-state index >= 15 is 0 Å². The number of hydrogen-bond donors (Lipinski definition) is 0. The predicted octanol–water partition coefficient (Wildman–Crippen LogP) is 16.4. The molecule has 2 atom stereocenters. The number of ether oxygens (including phenoxy) is 1. The number of hydrogen-bond acceptors (Lipinski definition) is 2. The molecule has 0 spiro atoms. The minimum absolute atomic E-state index is 0. The van der Waals surface area contributed by atoms with Gasteiger partial charge in [0.15, 0.2) is 12.4 Å². The van der Waals surface area contributed by atoms with Gasteiger partial charge < -0.3 is 9.30 Å². The summed E-state index contributed by atoms with van der Waals surface area (Å²) in [5, 5.41) is 2.25. The van der Waals surface area contributed by atoms with Crippen LogP contribution in [-0.4, -0.2) is 9.55 Å². The quantitative estimate of drug-likeness (QED) is 0.0818. The molecule has 0 amide bonds. The Balaban J connectivity index is 0.00000533. The van der Waals surface area contributed by atoms with Crippen LogP contribution in [-0.2, 0) is 31.9 Å². The maximum atomic E-state index is 7.09. The van der Waals surface area contributed by atoms with Crippen LogP contribution in [0.15, 0.2) is 134 Å². The first kappa shape index (κ1) is 44.9. The molecule has 1 fully saturated rings. The molecule has 4 heterocycles. The molecule has 0 saturated carbocycles. The van der Waals surface area contributed by atoms with Crippen molar-refractivity contribution in [2.75, 3.05) is 0 Å². The zero-order valence-electron chi connectivity index (χ0n) is 39.9. The predicted molar refractivity (Wildman–Crippen MR) is 268 cm³/mol. The van der Waals surface area contributed by atoms with Gasteiger partial charge in [-0.1, -0.05) is 161 Å². The van der Waals surface area contributed by atoms with Crippen LogP contribution in [0.2, 0.25) is 0 Å². The fourth-order valence-corrected chi connectivity index (χ4v) is 10.1. The number of nitrogens with zero attached hydrogens (tertiary/aromatic N) is 4. The standard InChI is InChI=1S/C59H61N4O.Pt/c1-38(2)47-22-18-23-48(39(3)4)56(47)40-31-44(63-37-62(63,53-25-15-16-26-54(53)63)43-20-17-19-42(33-43)59(11,12)58(8,9)10)35-46(32-40)64-45-27-28-50-49-21-13-14-24-51(49)61(52(50)36-45)55-34-41(29-30-60-55)57(5,6)7;/h13-34,37-39H,1-12H3;/q-1;/t62-,63?;/m0./s1. The Morgan fingerprint density at radius 2 is 1.28 bits per heavy atom. The molecule has 5 nitrogen and oxygen atoms in total. The molecule has 2 aromatic heterocycles. The summed E-state index contributed by atoms with van der Waals surface area (Å²) in [6.07, 6.45) is 1.92. The molecule has 1 saturated heterocycles. The van der Waals surface area contributed by atoms with E-state index in [-0.39, 0.29) is 37.3 Å². The Kier molecular flexibility index (Phi) is 10.8. The van der Waals surface area contributed by atoms with Gasteiger partial charge in [-0.15, -0.1) is 29.1 Å². The second-order valence-electron chi connectivity index (χ2n) is 21.3. The van der Waals surface area contributed by atoms with Crippen LogP contribution < -0.4 is 13.9 Å². The van der Waals surface area contributed by atoms with E-state index in [4.69, 9.17) is 9.72 Å². The van der Waals surface area contributed by atoms with Gasteiger partial charge in [-0.3, -0.25) is 0 Å². The summed E-state index contributed by atoms with van der Waals surface area (Å²) in [5.41, 5.74) is 14.5. The zero-order chi connectivity index (χ0) is 45.1. The SMILES string of the molecule is CC(C)c1cccc(C(C)C)c1-c1cc(Oc2[c-]c3c(cc2)c2ccccc2n3-c2cc(C(C)(C)C)ccn2)[c-]c([N+]23[CH-][N@+]2(c2cccc(C(C)(C)C(C)(C)C)c2)c2ccccc23)c1.[Pt]. The Hall–Kier alpha value is -5.32. The number of fused-ring (bicyclic) bond motifs is 7. The first-order chi connectivity index (χ1) is 30.4. The topological polar surface area (TPSA) is 27.1 Å². The average Bonchev–Trinajstić information content (AvgIpc) is 3.76. The Labute approximate surface area is 401 Å². The van der Waals surface area contributed by atoms with Crippen molar-refractivity contribution in [3.8, 4) is 28.4 Å². The second-order valence-corrected chi connectivity index (χ2v) is 21.3. The third-order valence-corrected chi connectivity index (χ3v) is 14.7.